The molecule has 0 saturated carbocycles. The molecule has 1 rings (SSSR count). The number of nitrogens with two attached hydrogens (primary N) is 2. The fourth-order valence-electron chi connectivity index (χ4n) is 1.03. The van der Waals surface area contributed by atoms with Crippen LogP contribution in [0.3, 0.4) is 0 Å². The van der Waals surface area contributed by atoms with Crippen LogP contribution >= 0.6 is 24.0 Å². The Hall–Kier alpha value is -1.09. The summed E-state index contributed by atoms with van der Waals surface area (Å²) >= 11 is 5.51. The third-order valence-corrected chi connectivity index (χ3v) is 3.52. The molecular formula is C12H20N2O4S2. The zero-order chi connectivity index (χ0) is 15.9. The molecule has 0 fully saturated rings. The van der Waals surface area contributed by atoms with Gasteiger partial charge in [-0.15, -0.1) is 11.3 Å². The maximum Gasteiger partial charge on any atom is 0.321 e. The van der Waals surface area contributed by atoms with Gasteiger partial charge in [-0.2, -0.15) is 12.6 Å². The van der Waals surface area contributed by atoms with Gasteiger partial charge in [-0.3, -0.25) is 9.59 Å². The molecule has 1 aromatic rings. The van der Waals surface area contributed by atoms with Gasteiger partial charge in [-0.1, -0.05) is 6.07 Å². The van der Waals surface area contributed by atoms with Gasteiger partial charge in [0.1, 0.15) is 12.1 Å². The van der Waals surface area contributed by atoms with E-state index in [9.17, 15) is 9.59 Å². The van der Waals surface area contributed by atoms with Crippen molar-refractivity contribution in [2.24, 2.45) is 11.5 Å². The van der Waals surface area contributed by atoms with Crippen LogP contribution in [-0.4, -0.2) is 39.0 Å². The van der Waals surface area contributed by atoms with Crippen LogP contribution in [0, 0.1) is 0 Å². The summed E-state index contributed by atoms with van der Waals surface area (Å²) < 4.78 is -0.647. The van der Waals surface area contributed by atoms with Crippen molar-refractivity contribution in [1.82, 2.24) is 0 Å². The quantitative estimate of drug-likeness (QED) is 0.511. The van der Waals surface area contributed by atoms with Gasteiger partial charge in [0, 0.05) is 16.0 Å². The Kier molecular flexibility index (Phi) is 7.80. The lowest BCUT2D eigenvalue weighted by Crippen LogP contribution is -2.45. The van der Waals surface area contributed by atoms with E-state index >= 15 is 0 Å². The van der Waals surface area contributed by atoms with Gasteiger partial charge >= 0.3 is 11.9 Å². The van der Waals surface area contributed by atoms with Crippen LogP contribution < -0.4 is 11.5 Å². The summed E-state index contributed by atoms with van der Waals surface area (Å²) in [7, 11) is 0. The van der Waals surface area contributed by atoms with E-state index in [4.69, 9.17) is 21.7 Å². The van der Waals surface area contributed by atoms with Gasteiger partial charge < -0.3 is 21.7 Å². The Morgan fingerprint density at radius 1 is 1.35 bits per heavy atom. The van der Waals surface area contributed by atoms with Gasteiger partial charge in [0.05, 0.1) is 0 Å². The number of thiol groups is 1. The van der Waals surface area contributed by atoms with E-state index < -0.39 is 28.8 Å². The average molecular weight is 320 g/mol. The molecule has 8 heteroatoms. The van der Waals surface area contributed by atoms with E-state index in [1.807, 2.05) is 17.5 Å². The molecule has 0 aromatic carbocycles. The monoisotopic (exact) mass is 320 g/mol. The number of hydrogen-bond donors (Lipinski definition) is 5. The molecule has 2 atom stereocenters. The Morgan fingerprint density at radius 3 is 2.15 bits per heavy atom. The minimum Gasteiger partial charge on any atom is -0.480 e. The molecule has 0 aliphatic rings. The molecule has 0 aliphatic carbocycles. The maximum absolute atomic E-state index is 10.3. The molecule has 0 aliphatic heterocycles. The summed E-state index contributed by atoms with van der Waals surface area (Å²) in [5.41, 5.74) is 10.5. The van der Waals surface area contributed by atoms with Crippen molar-refractivity contribution in [3.05, 3.63) is 22.4 Å². The minimum absolute atomic E-state index is 0.424. The van der Waals surface area contributed by atoms with Gasteiger partial charge in [-0.25, -0.2) is 0 Å². The zero-order valence-electron chi connectivity index (χ0n) is 11.3. The average Bonchev–Trinajstić information content (AvgIpc) is 2.80. The highest BCUT2D eigenvalue weighted by Gasteiger charge is 2.27. The highest BCUT2D eigenvalue weighted by atomic mass is 32.1. The normalized spacial score (nSPS) is 13.8. The molecule has 0 unspecified atom stereocenters. The Labute approximate surface area is 127 Å². The highest BCUT2D eigenvalue weighted by Crippen LogP contribution is 2.15. The van der Waals surface area contributed by atoms with Crippen LogP contribution in [0.1, 0.15) is 18.7 Å². The lowest BCUT2D eigenvalue weighted by Gasteiger charge is -2.21. The van der Waals surface area contributed by atoms with Crippen molar-refractivity contribution < 1.29 is 19.8 Å². The second-order valence-electron chi connectivity index (χ2n) is 4.70. The lowest BCUT2D eigenvalue weighted by molar-refractivity contribution is -0.139. The van der Waals surface area contributed by atoms with E-state index in [1.54, 1.807) is 13.8 Å². The van der Waals surface area contributed by atoms with Crippen LogP contribution in [-0.2, 0) is 16.0 Å². The van der Waals surface area contributed by atoms with Crippen molar-refractivity contribution in [3.63, 3.8) is 0 Å². The molecule has 1 aromatic heterocycles. The number of hydrogen-bond acceptors (Lipinski definition) is 6. The SMILES string of the molecule is CC(C)(S)[C@H](N)C(=O)O.N[C@@H](Cc1cccs1)C(=O)O. The van der Waals surface area contributed by atoms with Gasteiger partial charge in [-0.05, 0) is 25.3 Å². The number of carbonyl (C=O) groups is 2. The molecule has 114 valence electrons. The van der Waals surface area contributed by atoms with E-state index in [2.05, 4.69) is 12.6 Å². The van der Waals surface area contributed by atoms with E-state index in [1.165, 1.54) is 11.3 Å². The fraction of sp³-hybridized carbons (Fsp3) is 0.500. The summed E-state index contributed by atoms with van der Waals surface area (Å²) in [5, 5.41) is 18.7. The Balaban J connectivity index is 0.000000370. The standard InChI is InChI=1S/C7H9NO2S.C5H11NO2S/c8-6(7(9)10)4-5-2-1-3-11-5;1-5(2,9)3(6)4(7)8/h1-3,6H,4,8H2,(H,9,10);3,9H,6H2,1-2H3,(H,7,8)/t6-;3-/m01/s1. The molecule has 0 saturated heterocycles. The second kappa shape index (κ2) is 8.25. The van der Waals surface area contributed by atoms with E-state index in [-0.39, 0.29) is 0 Å². The minimum atomic E-state index is -1.02. The first-order valence-electron chi connectivity index (χ1n) is 5.77. The lowest BCUT2D eigenvalue weighted by atomic mass is 10.1. The van der Waals surface area contributed by atoms with Gasteiger partial charge in [0.25, 0.3) is 0 Å². The highest BCUT2D eigenvalue weighted by molar-refractivity contribution is 7.81. The summed E-state index contributed by atoms with van der Waals surface area (Å²) in [6.07, 6.45) is 0.424. The smallest absolute Gasteiger partial charge is 0.321 e. The molecule has 6 N–H and O–H groups in total. The van der Waals surface area contributed by atoms with E-state index in [0.29, 0.717) is 6.42 Å². The predicted octanol–water partition coefficient (Wildman–Crippen LogP) is 0.809. The van der Waals surface area contributed by atoms with Crippen LogP contribution in [0.15, 0.2) is 17.5 Å². The topological polar surface area (TPSA) is 127 Å². The van der Waals surface area contributed by atoms with Gasteiger partial charge in [0.2, 0.25) is 0 Å². The number of aliphatic carboxylic acids is 2. The van der Waals surface area contributed by atoms with Crippen LogP contribution in [0.5, 0.6) is 0 Å². The van der Waals surface area contributed by atoms with Gasteiger partial charge in [0.15, 0.2) is 0 Å². The summed E-state index contributed by atoms with van der Waals surface area (Å²) in [5.74, 6) is -1.96. The first-order valence-corrected chi connectivity index (χ1v) is 7.10. The first kappa shape index (κ1) is 18.9. The molecule has 0 bridgehead atoms. The molecule has 6 nitrogen and oxygen atoms in total. The predicted molar refractivity (Wildman–Crippen MR) is 82.3 cm³/mol. The zero-order valence-corrected chi connectivity index (χ0v) is 13.0. The van der Waals surface area contributed by atoms with Crippen molar-refractivity contribution in [2.75, 3.05) is 0 Å². The van der Waals surface area contributed by atoms with Crippen molar-refractivity contribution >= 4 is 35.9 Å². The van der Waals surface area contributed by atoms with Crippen LogP contribution in [0.2, 0.25) is 0 Å². The summed E-state index contributed by atoms with van der Waals surface area (Å²) in [6, 6.07) is 2.09. The molecule has 0 amide bonds. The summed E-state index contributed by atoms with van der Waals surface area (Å²) in [6.45, 7) is 3.32. The Bertz CT molecular complexity index is 429. The third kappa shape index (κ3) is 7.49. The molecule has 20 heavy (non-hydrogen) atoms. The van der Waals surface area contributed by atoms with Crippen LogP contribution in [0.4, 0.5) is 0 Å². The number of rotatable bonds is 5. The molecule has 0 radical (unpaired) electrons. The third-order valence-electron chi connectivity index (χ3n) is 2.35. The molecule has 1 heterocycles. The van der Waals surface area contributed by atoms with Crippen LogP contribution in [0.25, 0.3) is 0 Å². The summed E-state index contributed by atoms with van der Waals surface area (Å²) in [4.78, 5) is 21.5. The van der Waals surface area contributed by atoms with Crippen molar-refractivity contribution in [1.29, 1.82) is 0 Å². The number of thiophene rings is 1. The van der Waals surface area contributed by atoms with E-state index in [0.717, 1.165) is 4.88 Å². The number of carboxylic acids is 2. The van der Waals surface area contributed by atoms with Crippen molar-refractivity contribution in [2.45, 2.75) is 37.1 Å². The Morgan fingerprint density at radius 2 is 1.90 bits per heavy atom. The largest absolute Gasteiger partial charge is 0.480 e. The maximum atomic E-state index is 10.3. The fourth-order valence-corrected chi connectivity index (χ4v) is 1.91. The number of carboxylic acid groups (broad SMARTS) is 2. The first-order chi connectivity index (χ1) is 9.05. The molecule has 0 spiro atoms. The molecular weight excluding hydrogens is 300 g/mol. The van der Waals surface area contributed by atoms with Crippen molar-refractivity contribution in [3.8, 4) is 0 Å². The second-order valence-corrected chi connectivity index (χ2v) is 6.88.